The third-order valence-electron chi connectivity index (χ3n) is 6.81. The summed E-state index contributed by atoms with van der Waals surface area (Å²) in [6.45, 7) is 16.3. The summed E-state index contributed by atoms with van der Waals surface area (Å²) < 4.78 is 2.44. The van der Waals surface area contributed by atoms with Gasteiger partial charge in [0.05, 0.1) is 12.6 Å². The second-order valence-corrected chi connectivity index (χ2v) is 13.6. The van der Waals surface area contributed by atoms with E-state index in [0.717, 1.165) is 31.6 Å². The molecule has 1 aliphatic heterocycles. The molecular formula is C27H40Br2N2O. The molecule has 4 atom stereocenters. The predicted molar refractivity (Wildman–Crippen MR) is 145 cm³/mol. The Bertz CT molecular complexity index is 839. The van der Waals surface area contributed by atoms with E-state index in [-0.39, 0.29) is 16.7 Å². The van der Waals surface area contributed by atoms with Crippen LogP contribution in [0.25, 0.3) is 0 Å². The molecule has 3 nitrogen and oxygen atoms in total. The molecule has 0 saturated carbocycles. The highest BCUT2D eigenvalue weighted by Crippen LogP contribution is 2.40. The van der Waals surface area contributed by atoms with Gasteiger partial charge in [-0.15, -0.1) is 0 Å². The van der Waals surface area contributed by atoms with Gasteiger partial charge in [0.25, 0.3) is 0 Å². The molecule has 0 aromatic rings. The molecule has 3 rings (SSSR count). The van der Waals surface area contributed by atoms with Crippen LogP contribution in [0.3, 0.4) is 0 Å². The highest BCUT2D eigenvalue weighted by atomic mass is 79.9. The second-order valence-electron chi connectivity index (χ2n) is 11.7. The predicted octanol–water partition coefficient (Wildman–Crippen LogP) is 7.03. The van der Waals surface area contributed by atoms with E-state index in [0.29, 0.717) is 12.0 Å². The number of hydrogen-bond acceptors (Lipinski definition) is 3. The zero-order valence-electron chi connectivity index (χ0n) is 20.5. The zero-order valence-corrected chi connectivity index (χ0v) is 23.7. The minimum atomic E-state index is -0.501. The molecule has 32 heavy (non-hydrogen) atoms. The summed E-state index contributed by atoms with van der Waals surface area (Å²) in [6, 6.07) is 0.493. The summed E-state index contributed by atoms with van der Waals surface area (Å²) in [5.41, 5.74) is 2.38. The van der Waals surface area contributed by atoms with Crippen LogP contribution in [0, 0.1) is 22.7 Å². The molecule has 5 heteroatoms. The van der Waals surface area contributed by atoms with Crippen molar-refractivity contribution in [1.82, 2.24) is 4.90 Å². The van der Waals surface area contributed by atoms with Gasteiger partial charge >= 0.3 is 0 Å². The lowest BCUT2D eigenvalue weighted by atomic mass is 9.71. The van der Waals surface area contributed by atoms with E-state index >= 15 is 0 Å². The summed E-state index contributed by atoms with van der Waals surface area (Å²) in [7, 11) is 0. The van der Waals surface area contributed by atoms with Crippen molar-refractivity contribution in [2.24, 2.45) is 27.7 Å². The molecule has 178 valence electrons. The SMILES string of the molecule is CC(C)(C)C1=CC(C=NCC2CCCN2CC2C=C(Br)C=C(Br)C2)C(O)C(C(C)(C)C)=C1. The number of rotatable bonds is 5. The van der Waals surface area contributed by atoms with E-state index in [4.69, 9.17) is 4.99 Å². The lowest BCUT2D eigenvalue weighted by Gasteiger charge is -2.36. The van der Waals surface area contributed by atoms with Crippen molar-refractivity contribution in [3.63, 3.8) is 0 Å². The highest BCUT2D eigenvalue weighted by molar-refractivity contribution is 9.12. The van der Waals surface area contributed by atoms with Crippen molar-refractivity contribution in [3.05, 3.63) is 44.4 Å². The lowest BCUT2D eigenvalue weighted by Crippen LogP contribution is -2.36. The fraction of sp³-hybridized carbons (Fsp3) is 0.667. The van der Waals surface area contributed by atoms with Crippen LogP contribution in [0.5, 0.6) is 0 Å². The van der Waals surface area contributed by atoms with Crippen LogP contribution >= 0.6 is 31.9 Å². The van der Waals surface area contributed by atoms with Gasteiger partial charge in [-0.3, -0.25) is 9.89 Å². The molecule has 0 aromatic carbocycles. The number of aliphatic hydroxyl groups excluding tert-OH is 1. The van der Waals surface area contributed by atoms with Crippen LogP contribution in [0.2, 0.25) is 0 Å². The van der Waals surface area contributed by atoms with Gasteiger partial charge < -0.3 is 5.11 Å². The smallest absolute Gasteiger partial charge is 0.0870 e. The third kappa shape index (κ3) is 6.77. The van der Waals surface area contributed by atoms with E-state index in [1.54, 1.807) is 0 Å². The highest BCUT2D eigenvalue weighted by Gasteiger charge is 2.34. The standard InChI is InChI=1S/C27H40Br2N2O/c1-26(2,3)20-12-19(25(32)24(13-20)27(4,5)6)15-30-16-23-8-7-9-31(23)17-18-10-21(28)14-22(29)11-18/h10,12-15,18-19,23,25,32H,7-9,11,16-17H2,1-6H3. The molecule has 0 amide bonds. The molecule has 4 unspecified atom stereocenters. The maximum absolute atomic E-state index is 11.1. The van der Waals surface area contributed by atoms with Crippen LogP contribution in [-0.2, 0) is 0 Å². The first-order chi connectivity index (χ1) is 14.8. The minimum Gasteiger partial charge on any atom is -0.388 e. The fourth-order valence-corrected chi connectivity index (χ4v) is 6.53. The molecule has 0 radical (unpaired) electrons. The number of nitrogens with zero attached hydrogens (tertiary/aromatic N) is 2. The van der Waals surface area contributed by atoms with Crippen LogP contribution < -0.4 is 0 Å². The summed E-state index contributed by atoms with van der Waals surface area (Å²) in [5, 5.41) is 11.1. The Morgan fingerprint density at radius 2 is 1.81 bits per heavy atom. The Kier molecular flexibility index (Phi) is 8.50. The van der Waals surface area contributed by atoms with Crippen LogP contribution in [0.15, 0.2) is 49.4 Å². The molecule has 1 fully saturated rings. The monoisotopic (exact) mass is 566 g/mol. The number of aliphatic imine (C=N–C) groups is 1. The number of halogens is 2. The van der Waals surface area contributed by atoms with Gasteiger partial charge in [0.15, 0.2) is 0 Å². The van der Waals surface area contributed by atoms with Gasteiger partial charge in [0, 0.05) is 29.2 Å². The summed E-state index contributed by atoms with van der Waals surface area (Å²) >= 11 is 7.32. The fourth-order valence-electron chi connectivity index (χ4n) is 4.91. The molecule has 3 aliphatic rings. The van der Waals surface area contributed by atoms with Gasteiger partial charge in [-0.25, -0.2) is 0 Å². The molecule has 1 saturated heterocycles. The Morgan fingerprint density at radius 1 is 1.09 bits per heavy atom. The van der Waals surface area contributed by atoms with Crippen molar-refractivity contribution < 1.29 is 5.11 Å². The van der Waals surface area contributed by atoms with Gasteiger partial charge in [-0.1, -0.05) is 91.6 Å². The number of allylic oxidation sites excluding steroid dienone is 5. The van der Waals surface area contributed by atoms with Crippen molar-refractivity contribution >= 4 is 38.1 Å². The zero-order chi connectivity index (χ0) is 23.7. The van der Waals surface area contributed by atoms with E-state index < -0.39 is 6.10 Å². The van der Waals surface area contributed by atoms with Gasteiger partial charge in [-0.05, 0) is 64.3 Å². The molecule has 0 bridgehead atoms. The molecule has 0 spiro atoms. The topological polar surface area (TPSA) is 35.8 Å². The quantitative estimate of drug-likeness (QED) is 0.362. The normalized spacial score (nSPS) is 30.3. The summed E-state index contributed by atoms with van der Waals surface area (Å²) in [5.74, 6) is 0.474. The van der Waals surface area contributed by atoms with Crippen molar-refractivity contribution in [2.45, 2.75) is 73.0 Å². The Hall–Kier alpha value is -0.490. The van der Waals surface area contributed by atoms with Crippen molar-refractivity contribution in [2.75, 3.05) is 19.6 Å². The number of aliphatic hydroxyl groups is 1. The summed E-state index contributed by atoms with van der Waals surface area (Å²) in [4.78, 5) is 7.50. The molecular weight excluding hydrogens is 528 g/mol. The van der Waals surface area contributed by atoms with Crippen LogP contribution in [0.4, 0.5) is 0 Å². The first-order valence-electron chi connectivity index (χ1n) is 11.9. The van der Waals surface area contributed by atoms with E-state index in [2.05, 4.69) is 103 Å². The van der Waals surface area contributed by atoms with Crippen molar-refractivity contribution in [3.8, 4) is 0 Å². The Labute approximate surface area is 212 Å². The Balaban J connectivity index is 1.67. The minimum absolute atomic E-state index is 0.0511. The van der Waals surface area contributed by atoms with Gasteiger partial charge in [-0.2, -0.15) is 0 Å². The average Bonchev–Trinajstić information content (AvgIpc) is 3.07. The maximum atomic E-state index is 11.1. The van der Waals surface area contributed by atoms with E-state index in [9.17, 15) is 5.11 Å². The molecule has 1 N–H and O–H groups in total. The van der Waals surface area contributed by atoms with Gasteiger partial charge in [0.2, 0.25) is 0 Å². The number of likely N-dealkylation sites (tertiary alicyclic amines) is 1. The number of hydrogen-bond donors (Lipinski definition) is 1. The second kappa shape index (κ2) is 10.4. The van der Waals surface area contributed by atoms with E-state index in [1.165, 1.54) is 27.4 Å². The molecule has 2 aliphatic carbocycles. The van der Waals surface area contributed by atoms with Gasteiger partial charge in [0.1, 0.15) is 0 Å². The molecule has 1 heterocycles. The Morgan fingerprint density at radius 3 is 2.44 bits per heavy atom. The maximum Gasteiger partial charge on any atom is 0.0870 e. The average molecular weight is 568 g/mol. The summed E-state index contributed by atoms with van der Waals surface area (Å²) in [6.07, 6.45) is 14.0. The van der Waals surface area contributed by atoms with E-state index in [1.807, 2.05) is 6.21 Å². The lowest BCUT2D eigenvalue weighted by molar-refractivity contribution is 0.164. The molecule has 0 aromatic heterocycles. The van der Waals surface area contributed by atoms with Crippen molar-refractivity contribution in [1.29, 1.82) is 0 Å². The van der Waals surface area contributed by atoms with Crippen LogP contribution in [0.1, 0.15) is 60.8 Å². The largest absolute Gasteiger partial charge is 0.388 e. The first-order valence-corrected chi connectivity index (χ1v) is 13.5. The van der Waals surface area contributed by atoms with Crippen LogP contribution in [-0.4, -0.2) is 48.0 Å². The third-order valence-corrected chi connectivity index (χ3v) is 7.85. The first kappa shape index (κ1) is 26.1.